The van der Waals surface area contributed by atoms with Crippen molar-refractivity contribution >= 4 is 17.3 Å². The minimum atomic E-state index is 0.275. The average Bonchev–Trinajstić information content (AvgIpc) is 3.42. The van der Waals surface area contributed by atoms with Gasteiger partial charge in [0.15, 0.2) is 11.5 Å². The standard InChI is InChI=1S/C22H17ClN4O2/c23-16-4-3-5-17(11-16)27-13-20(25-26-27)18-6-1-2-7-19(18)24-12-15-8-9-21-22(10-15)29-14-28-21/h1-11,13,24H,12,14H2. The van der Waals surface area contributed by atoms with Crippen LogP contribution in [0.3, 0.4) is 0 Å². The SMILES string of the molecule is Clc1cccc(-n2cc(-c3ccccc3NCc3ccc4c(c3)OCO4)nn2)c1. The third-order valence-corrected chi connectivity index (χ3v) is 4.92. The van der Waals surface area contributed by atoms with Gasteiger partial charge in [0.2, 0.25) is 6.79 Å². The molecule has 0 atom stereocenters. The van der Waals surface area contributed by atoms with E-state index < -0.39 is 0 Å². The van der Waals surface area contributed by atoms with Crippen LogP contribution in [0.15, 0.2) is 72.9 Å². The molecule has 0 radical (unpaired) electrons. The van der Waals surface area contributed by atoms with E-state index in [4.69, 9.17) is 21.1 Å². The first-order valence-corrected chi connectivity index (χ1v) is 9.54. The molecule has 0 saturated carbocycles. The third kappa shape index (κ3) is 3.62. The molecule has 0 spiro atoms. The van der Waals surface area contributed by atoms with Gasteiger partial charge >= 0.3 is 0 Å². The lowest BCUT2D eigenvalue weighted by atomic mass is 10.1. The first kappa shape index (κ1) is 17.6. The van der Waals surface area contributed by atoms with Gasteiger partial charge in [-0.15, -0.1) is 5.10 Å². The Morgan fingerprint density at radius 3 is 2.79 bits per heavy atom. The summed E-state index contributed by atoms with van der Waals surface area (Å²) >= 11 is 6.09. The van der Waals surface area contributed by atoms with Gasteiger partial charge in [0.25, 0.3) is 0 Å². The number of hydrogen-bond acceptors (Lipinski definition) is 5. The lowest BCUT2D eigenvalue weighted by molar-refractivity contribution is 0.174. The van der Waals surface area contributed by atoms with E-state index in [9.17, 15) is 0 Å². The van der Waals surface area contributed by atoms with E-state index >= 15 is 0 Å². The molecule has 1 aromatic heterocycles. The predicted molar refractivity (Wildman–Crippen MR) is 112 cm³/mol. The molecule has 0 bridgehead atoms. The largest absolute Gasteiger partial charge is 0.454 e. The Balaban J connectivity index is 1.38. The van der Waals surface area contributed by atoms with Gasteiger partial charge in [-0.2, -0.15) is 0 Å². The van der Waals surface area contributed by atoms with Crippen LogP contribution in [0.25, 0.3) is 16.9 Å². The Labute approximate surface area is 172 Å². The number of nitrogens with zero attached hydrogens (tertiary/aromatic N) is 3. The van der Waals surface area contributed by atoms with Crippen LogP contribution in [0.4, 0.5) is 5.69 Å². The van der Waals surface area contributed by atoms with Crippen molar-refractivity contribution in [2.75, 3.05) is 12.1 Å². The lowest BCUT2D eigenvalue weighted by Crippen LogP contribution is -2.01. The Bertz CT molecular complexity index is 1170. The van der Waals surface area contributed by atoms with Crippen LogP contribution in [-0.2, 0) is 6.54 Å². The third-order valence-electron chi connectivity index (χ3n) is 4.69. The maximum Gasteiger partial charge on any atom is 0.231 e. The van der Waals surface area contributed by atoms with Crippen molar-refractivity contribution in [2.24, 2.45) is 0 Å². The number of fused-ring (bicyclic) bond motifs is 1. The van der Waals surface area contributed by atoms with Gasteiger partial charge in [0, 0.05) is 22.8 Å². The number of hydrogen-bond donors (Lipinski definition) is 1. The zero-order chi connectivity index (χ0) is 19.6. The highest BCUT2D eigenvalue weighted by atomic mass is 35.5. The topological polar surface area (TPSA) is 61.2 Å². The van der Waals surface area contributed by atoms with Gasteiger partial charge in [-0.3, -0.25) is 0 Å². The molecule has 6 nitrogen and oxygen atoms in total. The Kier molecular flexibility index (Phi) is 4.54. The highest BCUT2D eigenvalue weighted by molar-refractivity contribution is 6.30. The second-order valence-corrected chi connectivity index (χ2v) is 7.05. The van der Waals surface area contributed by atoms with Crippen LogP contribution in [0.2, 0.25) is 5.02 Å². The molecule has 144 valence electrons. The summed E-state index contributed by atoms with van der Waals surface area (Å²) in [7, 11) is 0. The molecule has 1 N–H and O–H groups in total. The van der Waals surface area contributed by atoms with Gasteiger partial charge in [-0.05, 0) is 42.0 Å². The highest BCUT2D eigenvalue weighted by Crippen LogP contribution is 2.33. The maximum absolute atomic E-state index is 6.09. The van der Waals surface area contributed by atoms with Crippen molar-refractivity contribution in [1.82, 2.24) is 15.0 Å². The molecule has 3 aromatic carbocycles. The number of halogens is 1. The van der Waals surface area contributed by atoms with E-state index in [0.717, 1.165) is 39.7 Å². The van der Waals surface area contributed by atoms with Gasteiger partial charge in [0.1, 0.15) is 5.69 Å². The van der Waals surface area contributed by atoms with E-state index in [1.165, 1.54) is 0 Å². The van der Waals surface area contributed by atoms with Gasteiger partial charge in [0.05, 0.1) is 11.9 Å². The Hall–Kier alpha value is -3.51. The summed E-state index contributed by atoms with van der Waals surface area (Å²) in [5, 5.41) is 12.7. The zero-order valence-electron chi connectivity index (χ0n) is 15.4. The van der Waals surface area contributed by atoms with E-state index in [1.807, 2.05) is 72.9 Å². The fraction of sp³-hybridized carbons (Fsp3) is 0.0909. The number of aromatic nitrogens is 3. The molecule has 4 aromatic rings. The molecule has 0 amide bonds. The molecule has 0 fully saturated rings. The second kappa shape index (κ2) is 7.48. The summed E-state index contributed by atoms with van der Waals surface area (Å²) in [4.78, 5) is 0. The van der Waals surface area contributed by atoms with Gasteiger partial charge < -0.3 is 14.8 Å². The quantitative estimate of drug-likeness (QED) is 0.511. The Morgan fingerprint density at radius 2 is 1.86 bits per heavy atom. The van der Waals surface area contributed by atoms with Crippen LogP contribution in [0.1, 0.15) is 5.56 Å². The molecular formula is C22H17ClN4O2. The van der Waals surface area contributed by atoms with E-state index in [-0.39, 0.29) is 6.79 Å². The minimum absolute atomic E-state index is 0.275. The molecule has 2 heterocycles. The predicted octanol–water partition coefficient (Wildman–Crippen LogP) is 4.93. The van der Waals surface area contributed by atoms with E-state index in [0.29, 0.717) is 11.6 Å². The fourth-order valence-electron chi connectivity index (χ4n) is 3.24. The molecule has 1 aliphatic rings. The molecule has 5 rings (SSSR count). The normalized spacial score (nSPS) is 12.2. The van der Waals surface area contributed by atoms with Crippen LogP contribution >= 0.6 is 11.6 Å². The van der Waals surface area contributed by atoms with Gasteiger partial charge in [-0.1, -0.05) is 47.1 Å². The molecule has 0 aliphatic carbocycles. The summed E-state index contributed by atoms with van der Waals surface area (Å²) in [6.07, 6.45) is 1.90. The smallest absolute Gasteiger partial charge is 0.231 e. The molecule has 7 heteroatoms. The van der Waals surface area contributed by atoms with Gasteiger partial charge in [-0.25, -0.2) is 4.68 Å². The zero-order valence-corrected chi connectivity index (χ0v) is 16.1. The molecule has 1 aliphatic heterocycles. The molecular weight excluding hydrogens is 388 g/mol. The van der Waals surface area contributed by atoms with Crippen LogP contribution in [0, 0.1) is 0 Å². The molecule has 0 saturated heterocycles. The number of nitrogens with one attached hydrogen (secondary N) is 1. The minimum Gasteiger partial charge on any atom is -0.454 e. The lowest BCUT2D eigenvalue weighted by Gasteiger charge is -2.11. The Morgan fingerprint density at radius 1 is 0.966 bits per heavy atom. The summed E-state index contributed by atoms with van der Waals surface area (Å²) in [5.41, 5.74) is 4.69. The highest BCUT2D eigenvalue weighted by Gasteiger charge is 2.14. The summed E-state index contributed by atoms with van der Waals surface area (Å²) in [6, 6.07) is 21.5. The van der Waals surface area contributed by atoms with Crippen molar-refractivity contribution in [3.8, 4) is 28.4 Å². The second-order valence-electron chi connectivity index (χ2n) is 6.61. The number of rotatable bonds is 5. The van der Waals surface area contributed by atoms with Crippen molar-refractivity contribution in [3.63, 3.8) is 0 Å². The average molecular weight is 405 g/mol. The number of anilines is 1. The first-order valence-electron chi connectivity index (χ1n) is 9.16. The van der Waals surface area contributed by atoms with Crippen LogP contribution in [-0.4, -0.2) is 21.8 Å². The number of para-hydroxylation sites is 1. The maximum atomic E-state index is 6.09. The van der Waals surface area contributed by atoms with Crippen molar-refractivity contribution in [2.45, 2.75) is 6.54 Å². The van der Waals surface area contributed by atoms with Crippen LogP contribution in [0.5, 0.6) is 11.5 Å². The number of ether oxygens (including phenoxy) is 2. The van der Waals surface area contributed by atoms with Crippen molar-refractivity contribution in [1.29, 1.82) is 0 Å². The number of benzene rings is 3. The van der Waals surface area contributed by atoms with Crippen molar-refractivity contribution in [3.05, 3.63) is 83.5 Å². The van der Waals surface area contributed by atoms with E-state index in [2.05, 4.69) is 15.6 Å². The summed E-state index contributed by atoms with van der Waals surface area (Å²) in [6.45, 7) is 0.924. The monoisotopic (exact) mass is 404 g/mol. The molecule has 0 unspecified atom stereocenters. The van der Waals surface area contributed by atoms with Crippen molar-refractivity contribution < 1.29 is 9.47 Å². The summed E-state index contributed by atoms with van der Waals surface area (Å²) in [5.74, 6) is 1.56. The fourth-order valence-corrected chi connectivity index (χ4v) is 3.43. The van der Waals surface area contributed by atoms with Crippen LogP contribution < -0.4 is 14.8 Å². The first-order chi connectivity index (χ1) is 14.3. The van der Waals surface area contributed by atoms with E-state index in [1.54, 1.807) is 4.68 Å². The molecule has 29 heavy (non-hydrogen) atoms. The summed E-state index contributed by atoms with van der Waals surface area (Å²) < 4.78 is 12.5.